The zero-order valence-electron chi connectivity index (χ0n) is 16.2. The van der Waals surface area contributed by atoms with Crippen LogP contribution in [-0.4, -0.2) is 35.1 Å². The minimum absolute atomic E-state index is 0.00855. The summed E-state index contributed by atoms with van der Waals surface area (Å²) in [5.41, 5.74) is 1.71. The average molecular weight is 358 g/mol. The monoisotopic (exact) mass is 358 g/mol. The minimum Gasteiger partial charge on any atom is -0.504 e. The first-order chi connectivity index (χ1) is 12.2. The van der Waals surface area contributed by atoms with E-state index in [9.17, 15) is 10.2 Å². The number of ether oxygens (including phenoxy) is 2. The fourth-order valence-electron chi connectivity index (χ4n) is 7.25. The molecule has 1 heterocycles. The third-order valence-corrected chi connectivity index (χ3v) is 8.43. The number of hydrogen-bond acceptors (Lipinski definition) is 4. The number of phenols is 1. The molecule has 4 aliphatic rings. The lowest BCUT2D eigenvalue weighted by molar-refractivity contribution is -0.203. The van der Waals surface area contributed by atoms with E-state index in [2.05, 4.69) is 13.0 Å². The van der Waals surface area contributed by atoms with Crippen molar-refractivity contribution < 1.29 is 19.7 Å². The van der Waals surface area contributed by atoms with E-state index in [1.165, 1.54) is 24.0 Å². The third kappa shape index (κ3) is 1.73. The summed E-state index contributed by atoms with van der Waals surface area (Å²) < 4.78 is 12.5. The lowest BCUT2D eigenvalue weighted by Gasteiger charge is -2.65. The predicted octanol–water partition coefficient (Wildman–Crippen LogP) is 3.56. The highest BCUT2D eigenvalue weighted by atomic mass is 16.5. The molecule has 3 aliphatic carbocycles. The molecule has 0 radical (unpaired) electrons. The molecular weight excluding hydrogens is 328 g/mol. The largest absolute Gasteiger partial charge is 0.504 e. The molecule has 0 saturated heterocycles. The van der Waals surface area contributed by atoms with E-state index in [1.807, 2.05) is 13.8 Å². The van der Waals surface area contributed by atoms with Gasteiger partial charge in [0, 0.05) is 24.0 Å². The Morgan fingerprint density at radius 2 is 2.08 bits per heavy atom. The van der Waals surface area contributed by atoms with Crippen LogP contribution in [0.1, 0.15) is 57.6 Å². The summed E-state index contributed by atoms with van der Waals surface area (Å²) in [5.74, 6) is 1.52. The van der Waals surface area contributed by atoms with Gasteiger partial charge in [-0.25, -0.2) is 0 Å². The van der Waals surface area contributed by atoms with Gasteiger partial charge >= 0.3 is 0 Å². The van der Waals surface area contributed by atoms with E-state index >= 15 is 0 Å². The number of methoxy groups -OCH3 is 1. The maximum Gasteiger partial charge on any atom is 0.165 e. The summed E-state index contributed by atoms with van der Waals surface area (Å²) in [4.78, 5) is 0. The Labute approximate surface area is 155 Å². The van der Waals surface area contributed by atoms with Gasteiger partial charge in [0.1, 0.15) is 12.2 Å². The Morgan fingerprint density at radius 3 is 2.77 bits per heavy atom. The van der Waals surface area contributed by atoms with Crippen molar-refractivity contribution in [1.82, 2.24) is 0 Å². The van der Waals surface area contributed by atoms with Crippen molar-refractivity contribution in [1.29, 1.82) is 0 Å². The normalized spacial score (nSPS) is 43.0. The molecule has 26 heavy (non-hydrogen) atoms. The second-order valence-corrected chi connectivity index (χ2v) is 9.83. The zero-order valence-corrected chi connectivity index (χ0v) is 16.2. The molecule has 4 nitrogen and oxygen atoms in total. The highest BCUT2D eigenvalue weighted by Gasteiger charge is 2.72. The van der Waals surface area contributed by atoms with Gasteiger partial charge in [-0.2, -0.15) is 0 Å². The summed E-state index contributed by atoms with van der Waals surface area (Å²) in [5, 5.41) is 21.5. The van der Waals surface area contributed by atoms with Crippen molar-refractivity contribution in [2.75, 3.05) is 7.11 Å². The van der Waals surface area contributed by atoms with Gasteiger partial charge < -0.3 is 19.7 Å². The molecule has 0 amide bonds. The third-order valence-electron chi connectivity index (χ3n) is 8.43. The molecule has 4 heteroatoms. The highest BCUT2D eigenvalue weighted by molar-refractivity contribution is 5.61. The highest BCUT2D eigenvalue weighted by Crippen LogP contribution is 2.72. The zero-order chi connectivity index (χ0) is 18.5. The van der Waals surface area contributed by atoms with Crippen LogP contribution >= 0.6 is 0 Å². The first kappa shape index (κ1) is 16.9. The Balaban J connectivity index is 1.79. The first-order valence-corrected chi connectivity index (χ1v) is 10.0. The molecule has 142 valence electrons. The van der Waals surface area contributed by atoms with Gasteiger partial charge in [0.2, 0.25) is 0 Å². The maximum absolute atomic E-state index is 11.0. The van der Waals surface area contributed by atoms with Crippen LogP contribution in [-0.2, 0) is 16.6 Å². The van der Waals surface area contributed by atoms with E-state index in [4.69, 9.17) is 9.47 Å². The van der Waals surface area contributed by atoms with Crippen molar-refractivity contribution in [3.05, 3.63) is 23.3 Å². The molecule has 2 bridgehead atoms. The lowest BCUT2D eigenvalue weighted by Crippen LogP contribution is -2.69. The second kappa shape index (κ2) is 4.96. The van der Waals surface area contributed by atoms with Gasteiger partial charge in [-0.3, -0.25) is 0 Å². The van der Waals surface area contributed by atoms with Gasteiger partial charge in [-0.1, -0.05) is 19.4 Å². The van der Waals surface area contributed by atoms with Crippen LogP contribution in [0.2, 0.25) is 0 Å². The molecule has 5 rings (SSSR count). The summed E-state index contributed by atoms with van der Waals surface area (Å²) >= 11 is 0. The average Bonchev–Trinajstić information content (AvgIpc) is 2.90. The number of benzene rings is 1. The van der Waals surface area contributed by atoms with Gasteiger partial charge in [-0.05, 0) is 62.5 Å². The second-order valence-electron chi connectivity index (χ2n) is 9.83. The molecule has 1 spiro atoms. The summed E-state index contributed by atoms with van der Waals surface area (Å²) in [6.45, 7) is 6.21. The number of rotatable bonds is 2. The SMILES string of the molecule is COC1[C@@H](C(C)(C)O)CC2(C)[C@@H]3CCC[C@@]24c2c(ccc(O)c2O[C@@H]14)C3. The molecule has 6 atom stereocenters. The molecule has 2 saturated carbocycles. The van der Waals surface area contributed by atoms with Gasteiger partial charge in [0.05, 0.1) is 5.60 Å². The standard InChI is InChI=1S/C22H30O4/c1-20(2,24)14-11-21(3)13-6-5-9-22(21)16-12(10-13)7-8-15(23)18(16)26-19(22)17(14)25-4/h7-8,13-14,17,19,23-24H,5-6,9-11H2,1-4H3/t13-,14+,17?,19+,21?,22+/m1/s1. The van der Waals surface area contributed by atoms with Crippen LogP contribution in [0.3, 0.4) is 0 Å². The Morgan fingerprint density at radius 1 is 1.31 bits per heavy atom. The Bertz CT molecular complexity index is 766. The van der Waals surface area contributed by atoms with Crippen LogP contribution < -0.4 is 4.74 Å². The number of phenolic OH excluding ortho intramolecular Hbond substituents is 1. The predicted molar refractivity (Wildman–Crippen MR) is 98.6 cm³/mol. The summed E-state index contributed by atoms with van der Waals surface area (Å²) in [6.07, 6.45) is 5.16. The molecule has 2 unspecified atom stereocenters. The van der Waals surface area contributed by atoms with Crippen molar-refractivity contribution in [2.24, 2.45) is 17.3 Å². The van der Waals surface area contributed by atoms with E-state index in [1.54, 1.807) is 13.2 Å². The number of aromatic hydroxyl groups is 1. The molecule has 2 fully saturated rings. The van der Waals surface area contributed by atoms with E-state index in [-0.39, 0.29) is 34.7 Å². The minimum atomic E-state index is -0.833. The number of aliphatic hydroxyl groups is 1. The summed E-state index contributed by atoms with van der Waals surface area (Å²) in [7, 11) is 1.74. The van der Waals surface area contributed by atoms with Gasteiger partial charge in [0.15, 0.2) is 11.5 Å². The fourth-order valence-corrected chi connectivity index (χ4v) is 7.25. The summed E-state index contributed by atoms with van der Waals surface area (Å²) in [6, 6.07) is 3.89. The van der Waals surface area contributed by atoms with E-state index in [0.717, 1.165) is 19.3 Å². The van der Waals surface area contributed by atoms with Crippen molar-refractivity contribution >= 4 is 0 Å². The molecule has 1 aromatic carbocycles. The molecule has 0 aromatic heterocycles. The van der Waals surface area contributed by atoms with Crippen molar-refractivity contribution in [3.63, 3.8) is 0 Å². The first-order valence-electron chi connectivity index (χ1n) is 10.0. The Kier molecular flexibility index (Phi) is 3.22. The maximum atomic E-state index is 11.0. The van der Waals surface area contributed by atoms with Crippen LogP contribution in [0.4, 0.5) is 0 Å². The fraction of sp³-hybridized carbons (Fsp3) is 0.727. The van der Waals surface area contributed by atoms with Crippen LogP contribution in [0, 0.1) is 17.3 Å². The smallest absolute Gasteiger partial charge is 0.165 e. The lowest BCUT2D eigenvalue weighted by atomic mass is 9.39. The Hall–Kier alpha value is -1.26. The van der Waals surface area contributed by atoms with Crippen LogP contribution in [0.15, 0.2) is 12.1 Å². The van der Waals surface area contributed by atoms with Crippen molar-refractivity contribution in [3.8, 4) is 11.5 Å². The number of hydrogen-bond donors (Lipinski definition) is 2. The van der Waals surface area contributed by atoms with Gasteiger partial charge in [-0.15, -0.1) is 0 Å². The van der Waals surface area contributed by atoms with Crippen molar-refractivity contribution in [2.45, 2.75) is 76.1 Å². The van der Waals surface area contributed by atoms with Gasteiger partial charge in [0.25, 0.3) is 0 Å². The molecule has 1 aliphatic heterocycles. The molecule has 2 N–H and O–H groups in total. The molecule has 1 aromatic rings. The topological polar surface area (TPSA) is 58.9 Å². The van der Waals surface area contributed by atoms with E-state index in [0.29, 0.717) is 11.7 Å². The van der Waals surface area contributed by atoms with E-state index < -0.39 is 5.60 Å². The quantitative estimate of drug-likeness (QED) is 0.849. The van der Waals surface area contributed by atoms with Crippen LogP contribution in [0.25, 0.3) is 0 Å². The molecular formula is C22H30O4. The van der Waals surface area contributed by atoms with Crippen LogP contribution in [0.5, 0.6) is 11.5 Å².